The first-order valence-corrected chi connectivity index (χ1v) is 7.45. The van der Waals surface area contributed by atoms with Crippen molar-refractivity contribution < 1.29 is 4.79 Å². The Labute approximate surface area is 126 Å². The normalized spacial score (nSPS) is 10.1. The zero-order chi connectivity index (χ0) is 14.9. The number of aryl methyl sites for hydroxylation is 1. The fourth-order valence-electron chi connectivity index (χ4n) is 2.17. The molecular formula is C18H22N2O. The Kier molecular flexibility index (Phi) is 5.83. The van der Waals surface area contributed by atoms with E-state index < -0.39 is 0 Å². The van der Waals surface area contributed by atoms with Crippen LogP contribution >= 0.6 is 0 Å². The van der Waals surface area contributed by atoms with E-state index in [1.807, 2.05) is 37.3 Å². The Balaban J connectivity index is 1.75. The van der Waals surface area contributed by atoms with Crippen LogP contribution in [0.15, 0.2) is 54.6 Å². The molecule has 2 aromatic rings. The van der Waals surface area contributed by atoms with Gasteiger partial charge in [0.05, 0.1) is 0 Å². The molecule has 3 nitrogen and oxygen atoms in total. The third-order valence-corrected chi connectivity index (χ3v) is 3.30. The Morgan fingerprint density at radius 3 is 2.38 bits per heavy atom. The highest BCUT2D eigenvalue weighted by atomic mass is 16.1. The molecule has 0 fully saturated rings. The summed E-state index contributed by atoms with van der Waals surface area (Å²) in [7, 11) is 0. The summed E-state index contributed by atoms with van der Waals surface area (Å²) in [5.41, 5.74) is 3.12. The zero-order valence-electron chi connectivity index (χ0n) is 12.4. The van der Waals surface area contributed by atoms with Gasteiger partial charge >= 0.3 is 0 Å². The summed E-state index contributed by atoms with van der Waals surface area (Å²) in [5.74, 6) is -0.0203. The molecule has 0 aliphatic carbocycles. The number of hydrogen-bond donors (Lipinski definition) is 2. The van der Waals surface area contributed by atoms with E-state index >= 15 is 0 Å². The van der Waals surface area contributed by atoms with Crippen molar-refractivity contribution in [2.24, 2.45) is 0 Å². The van der Waals surface area contributed by atoms with Crippen molar-refractivity contribution in [3.8, 4) is 0 Å². The molecule has 0 radical (unpaired) electrons. The van der Waals surface area contributed by atoms with Gasteiger partial charge in [-0.25, -0.2) is 0 Å². The van der Waals surface area contributed by atoms with E-state index in [2.05, 4.69) is 34.9 Å². The Bertz CT molecular complexity index is 549. The van der Waals surface area contributed by atoms with E-state index in [9.17, 15) is 4.79 Å². The lowest BCUT2D eigenvalue weighted by Gasteiger charge is -2.08. The molecule has 0 unspecified atom stereocenters. The van der Waals surface area contributed by atoms with Gasteiger partial charge in [-0.05, 0) is 49.6 Å². The van der Waals surface area contributed by atoms with Crippen molar-refractivity contribution in [2.45, 2.75) is 19.8 Å². The largest absolute Gasteiger partial charge is 0.385 e. The van der Waals surface area contributed by atoms with E-state index in [0.717, 1.165) is 25.1 Å². The first-order chi connectivity index (χ1) is 10.3. The van der Waals surface area contributed by atoms with Crippen molar-refractivity contribution >= 4 is 11.6 Å². The molecular weight excluding hydrogens is 260 g/mol. The highest BCUT2D eigenvalue weighted by Gasteiger charge is 2.02. The molecule has 0 atom stereocenters. The second-order valence-electron chi connectivity index (χ2n) is 4.95. The summed E-state index contributed by atoms with van der Waals surface area (Å²) in [6, 6.07) is 18.1. The minimum absolute atomic E-state index is 0.0203. The molecule has 3 heteroatoms. The average molecular weight is 282 g/mol. The highest BCUT2D eigenvalue weighted by Crippen LogP contribution is 2.10. The van der Waals surface area contributed by atoms with Gasteiger partial charge in [0.1, 0.15) is 0 Å². The Hall–Kier alpha value is -2.29. The monoisotopic (exact) mass is 282 g/mol. The third kappa shape index (κ3) is 4.95. The van der Waals surface area contributed by atoms with Gasteiger partial charge in [-0.2, -0.15) is 0 Å². The minimum Gasteiger partial charge on any atom is -0.385 e. The molecule has 1 amide bonds. The van der Waals surface area contributed by atoms with Crippen LogP contribution in [0.25, 0.3) is 0 Å². The Morgan fingerprint density at radius 2 is 1.71 bits per heavy atom. The molecule has 0 saturated heterocycles. The standard InChI is InChI=1S/C18H22N2O/c1-2-19-18(21)16-10-12-17(13-11-16)20-14-6-9-15-7-4-3-5-8-15/h3-5,7-8,10-13,20H,2,6,9,14H2,1H3,(H,19,21). The van der Waals surface area contributed by atoms with Crippen LogP contribution in [0.2, 0.25) is 0 Å². The lowest BCUT2D eigenvalue weighted by Crippen LogP contribution is -2.22. The SMILES string of the molecule is CCNC(=O)c1ccc(NCCCc2ccccc2)cc1. The third-order valence-electron chi connectivity index (χ3n) is 3.30. The highest BCUT2D eigenvalue weighted by molar-refractivity contribution is 5.94. The van der Waals surface area contributed by atoms with Crippen molar-refractivity contribution in [3.05, 3.63) is 65.7 Å². The molecule has 0 spiro atoms. The van der Waals surface area contributed by atoms with E-state index in [1.54, 1.807) is 0 Å². The molecule has 110 valence electrons. The molecule has 0 heterocycles. The number of nitrogens with one attached hydrogen (secondary N) is 2. The van der Waals surface area contributed by atoms with Crippen molar-refractivity contribution in [1.82, 2.24) is 5.32 Å². The summed E-state index contributed by atoms with van der Waals surface area (Å²) in [5, 5.41) is 6.17. The minimum atomic E-state index is -0.0203. The van der Waals surface area contributed by atoms with Crippen molar-refractivity contribution in [1.29, 1.82) is 0 Å². The fourth-order valence-corrected chi connectivity index (χ4v) is 2.17. The second kappa shape index (κ2) is 8.10. The predicted molar refractivity (Wildman–Crippen MR) is 87.7 cm³/mol. The maximum atomic E-state index is 11.6. The second-order valence-corrected chi connectivity index (χ2v) is 4.95. The van der Waals surface area contributed by atoms with Gasteiger partial charge in [-0.1, -0.05) is 30.3 Å². The number of carbonyl (C=O) groups excluding carboxylic acids is 1. The van der Waals surface area contributed by atoms with Gasteiger partial charge in [-0.15, -0.1) is 0 Å². The number of anilines is 1. The quantitative estimate of drug-likeness (QED) is 0.763. The van der Waals surface area contributed by atoms with Crippen LogP contribution in [0.3, 0.4) is 0 Å². The molecule has 0 aliphatic heterocycles. The first kappa shape index (κ1) is 15.1. The summed E-state index contributed by atoms with van der Waals surface area (Å²) >= 11 is 0. The van der Waals surface area contributed by atoms with E-state index in [0.29, 0.717) is 12.1 Å². The molecule has 0 bridgehead atoms. The van der Waals surface area contributed by atoms with Crippen LogP contribution in [-0.2, 0) is 6.42 Å². The summed E-state index contributed by atoms with van der Waals surface area (Å²) in [6.07, 6.45) is 2.16. The molecule has 0 saturated carbocycles. The predicted octanol–water partition coefficient (Wildman–Crippen LogP) is 3.48. The van der Waals surface area contributed by atoms with Crippen LogP contribution < -0.4 is 10.6 Å². The van der Waals surface area contributed by atoms with Gasteiger partial charge in [0.2, 0.25) is 0 Å². The topological polar surface area (TPSA) is 41.1 Å². The van der Waals surface area contributed by atoms with Crippen LogP contribution in [0, 0.1) is 0 Å². The number of benzene rings is 2. The van der Waals surface area contributed by atoms with Crippen LogP contribution in [-0.4, -0.2) is 19.0 Å². The molecule has 2 rings (SSSR count). The maximum absolute atomic E-state index is 11.6. The van der Waals surface area contributed by atoms with Crippen LogP contribution in [0.4, 0.5) is 5.69 Å². The lowest BCUT2D eigenvalue weighted by molar-refractivity contribution is 0.0956. The fraction of sp³-hybridized carbons (Fsp3) is 0.278. The number of amides is 1. The van der Waals surface area contributed by atoms with Gasteiger partial charge < -0.3 is 10.6 Å². The van der Waals surface area contributed by atoms with Crippen molar-refractivity contribution in [2.75, 3.05) is 18.4 Å². The molecule has 2 N–H and O–H groups in total. The Morgan fingerprint density at radius 1 is 1.00 bits per heavy atom. The molecule has 21 heavy (non-hydrogen) atoms. The van der Waals surface area contributed by atoms with Gasteiger partial charge in [0.15, 0.2) is 0 Å². The smallest absolute Gasteiger partial charge is 0.251 e. The summed E-state index contributed by atoms with van der Waals surface area (Å²) in [4.78, 5) is 11.6. The van der Waals surface area contributed by atoms with E-state index in [1.165, 1.54) is 5.56 Å². The maximum Gasteiger partial charge on any atom is 0.251 e. The zero-order valence-corrected chi connectivity index (χ0v) is 12.4. The lowest BCUT2D eigenvalue weighted by atomic mass is 10.1. The van der Waals surface area contributed by atoms with Crippen LogP contribution in [0.5, 0.6) is 0 Å². The molecule has 0 aromatic heterocycles. The van der Waals surface area contributed by atoms with E-state index in [4.69, 9.17) is 0 Å². The van der Waals surface area contributed by atoms with Gasteiger partial charge in [0, 0.05) is 24.3 Å². The van der Waals surface area contributed by atoms with E-state index in [-0.39, 0.29) is 5.91 Å². The summed E-state index contributed by atoms with van der Waals surface area (Å²) < 4.78 is 0. The molecule has 0 aliphatic rings. The first-order valence-electron chi connectivity index (χ1n) is 7.45. The van der Waals surface area contributed by atoms with Gasteiger partial charge in [-0.3, -0.25) is 4.79 Å². The number of rotatable bonds is 7. The number of carbonyl (C=O) groups is 1. The summed E-state index contributed by atoms with van der Waals surface area (Å²) in [6.45, 7) is 3.49. The van der Waals surface area contributed by atoms with Crippen molar-refractivity contribution in [3.63, 3.8) is 0 Å². The van der Waals surface area contributed by atoms with Crippen LogP contribution in [0.1, 0.15) is 29.3 Å². The van der Waals surface area contributed by atoms with Gasteiger partial charge in [0.25, 0.3) is 5.91 Å². The average Bonchev–Trinajstić information content (AvgIpc) is 2.53. The molecule has 2 aromatic carbocycles. The number of hydrogen-bond acceptors (Lipinski definition) is 2.